The fraction of sp³-hybridized carbons (Fsp3) is 0.857. The zero-order chi connectivity index (χ0) is 13.7. The number of hydrogen-bond donors (Lipinski definition) is 1. The molecule has 0 heterocycles. The fourth-order valence-electron chi connectivity index (χ4n) is 3.88. The maximum Gasteiger partial charge on any atom is 0.329 e. The van der Waals surface area contributed by atoms with Gasteiger partial charge in [-0.15, -0.1) is 0 Å². The average molecular weight is 253 g/mol. The molecule has 18 heavy (non-hydrogen) atoms. The Morgan fingerprint density at radius 3 is 2.11 bits per heavy atom. The Morgan fingerprint density at radius 1 is 1.28 bits per heavy atom. The highest BCUT2D eigenvalue weighted by molar-refractivity contribution is 5.87. The second-order valence-electron chi connectivity index (χ2n) is 6.80. The Morgan fingerprint density at radius 2 is 1.83 bits per heavy atom. The first-order chi connectivity index (χ1) is 8.20. The van der Waals surface area contributed by atoms with Crippen LogP contribution in [0.25, 0.3) is 0 Å². The zero-order valence-corrected chi connectivity index (χ0v) is 11.7. The van der Waals surface area contributed by atoms with Gasteiger partial charge in [0.05, 0.1) is 0 Å². The van der Waals surface area contributed by atoms with Crippen molar-refractivity contribution in [3.8, 4) is 0 Å². The zero-order valence-electron chi connectivity index (χ0n) is 11.7. The SMILES string of the molecule is CC(=O)N(C1CC1)C1(C(=O)O)CC(C)(C)CC1C. The highest BCUT2D eigenvalue weighted by atomic mass is 16.4. The summed E-state index contributed by atoms with van der Waals surface area (Å²) in [6.07, 6.45) is 3.31. The molecule has 2 atom stereocenters. The van der Waals surface area contributed by atoms with Crippen molar-refractivity contribution in [3.05, 3.63) is 0 Å². The van der Waals surface area contributed by atoms with Crippen molar-refractivity contribution in [1.29, 1.82) is 0 Å². The first-order valence-electron chi connectivity index (χ1n) is 6.74. The predicted molar refractivity (Wildman–Crippen MR) is 68.1 cm³/mol. The van der Waals surface area contributed by atoms with E-state index in [0.29, 0.717) is 6.42 Å². The Kier molecular flexibility index (Phi) is 2.95. The van der Waals surface area contributed by atoms with Gasteiger partial charge in [-0.25, -0.2) is 4.79 Å². The van der Waals surface area contributed by atoms with Crippen molar-refractivity contribution in [2.45, 2.75) is 65.0 Å². The Labute approximate surface area is 108 Å². The molecule has 4 nitrogen and oxygen atoms in total. The van der Waals surface area contributed by atoms with E-state index in [-0.39, 0.29) is 23.3 Å². The highest BCUT2D eigenvalue weighted by Gasteiger charge is 2.60. The molecule has 2 aliphatic carbocycles. The quantitative estimate of drug-likeness (QED) is 0.839. The van der Waals surface area contributed by atoms with Crippen LogP contribution in [0.2, 0.25) is 0 Å². The molecule has 0 aromatic heterocycles. The van der Waals surface area contributed by atoms with Gasteiger partial charge in [-0.05, 0) is 37.0 Å². The second kappa shape index (κ2) is 3.97. The third kappa shape index (κ3) is 1.91. The van der Waals surface area contributed by atoms with Crippen LogP contribution in [-0.4, -0.2) is 33.5 Å². The summed E-state index contributed by atoms with van der Waals surface area (Å²) in [4.78, 5) is 25.5. The first kappa shape index (κ1) is 13.4. The van der Waals surface area contributed by atoms with Gasteiger partial charge in [-0.1, -0.05) is 20.8 Å². The van der Waals surface area contributed by atoms with Gasteiger partial charge in [-0.3, -0.25) is 4.79 Å². The predicted octanol–water partition coefficient (Wildman–Crippen LogP) is 2.28. The lowest BCUT2D eigenvalue weighted by molar-refractivity contribution is -0.162. The first-order valence-corrected chi connectivity index (χ1v) is 6.74. The van der Waals surface area contributed by atoms with Gasteiger partial charge < -0.3 is 10.0 Å². The number of amides is 1. The van der Waals surface area contributed by atoms with E-state index in [4.69, 9.17) is 0 Å². The fourth-order valence-corrected chi connectivity index (χ4v) is 3.88. The van der Waals surface area contributed by atoms with Crippen LogP contribution in [0.3, 0.4) is 0 Å². The van der Waals surface area contributed by atoms with Crippen molar-refractivity contribution in [2.75, 3.05) is 0 Å². The number of nitrogens with zero attached hydrogens (tertiary/aromatic N) is 1. The minimum absolute atomic E-state index is 0.00880. The molecule has 0 radical (unpaired) electrons. The van der Waals surface area contributed by atoms with Crippen molar-refractivity contribution in [1.82, 2.24) is 4.90 Å². The maximum absolute atomic E-state index is 11.9. The number of rotatable bonds is 3. The van der Waals surface area contributed by atoms with Gasteiger partial charge in [0.25, 0.3) is 0 Å². The molecule has 2 aliphatic rings. The molecule has 0 bridgehead atoms. The summed E-state index contributed by atoms with van der Waals surface area (Å²) in [5.74, 6) is -0.915. The van der Waals surface area contributed by atoms with Crippen LogP contribution in [0.4, 0.5) is 0 Å². The van der Waals surface area contributed by atoms with Crippen LogP contribution in [-0.2, 0) is 9.59 Å². The summed E-state index contributed by atoms with van der Waals surface area (Å²) >= 11 is 0. The largest absolute Gasteiger partial charge is 0.479 e. The number of aliphatic carboxylic acids is 1. The summed E-state index contributed by atoms with van der Waals surface area (Å²) in [5.41, 5.74) is -1.00. The maximum atomic E-state index is 11.9. The lowest BCUT2D eigenvalue weighted by atomic mass is 9.84. The lowest BCUT2D eigenvalue weighted by Gasteiger charge is -2.41. The Bertz CT molecular complexity index is 387. The topological polar surface area (TPSA) is 57.6 Å². The number of carbonyl (C=O) groups excluding carboxylic acids is 1. The van der Waals surface area contributed by atoms with Crippen LogP contribution in [0.1, 0.15) is 53.4 Å². The monoisotopic (exact) mass is 253 g/mol. The van der Waals surface area contributed by atoms with E-state index in [1.165, 1.54) is 6.92 Å². The van der Waals surface area contributed by atoms with E-state index < -0.39 is 11.5 Å². The third-order valence-corrected chi connectivity index (χ3v) is 4.47. The van der Waals surface area contributed by atoms with Gasteiger partial charge >= 0.3 is 5.97 Å². The lowest BCUT2D eigenvalue weighted by Crippen LogP contribution is -2.59. The van der Waals surface area contributed by atoms with Gasteiger partial charge in [0.1, 0.15) is 5.54 Å². The summed E-state index contributed by atoms with van der Waals surface area (Å²) in [7, 11) is 0. The van der Waals surface area contributed by atoms with Crippen LogP contribution in [0.15, 0.2) is 0 Å². The summed E-state index contributed by atoms with van der Waals surface area (Å²) in [6, 6.07) is 0.148. The number of carboxylic acids is 1. The van der Waals surface area contributed by atoms with E-state index in [9.17, 15) is 14.7 Å². The smallest absolute Gasteiger partial charge is 0.329 e. The number of carbonyl (C=O) groups is 2. The van der Waals surface area contributed by atoms with Gasteiger partial charge in [0.2, 0.25) is 5.91 Å². The molecule has 0 spiro atoms. The molecule has 0 aromatic rings. The van der Waals surface area contributed by atoms with E-state index in [2.05, 4.69) is 13.8 Å². The van der Waals surface area contributed by atoms with Crippen LogP contribution < -0.4 is 0 Å². The third-order valence-electron chi connectivity index (χ3n) is 4.47. The molecule has 0 saturated heterocycles. The summed E-state index contributed by atoms with van der Waals surface area (Å²) in [6.45, 7) is 7.67. The standard InChI is InChI=1S/C14H23NO3/c1-9-7-13(3,4)8-14(9,12(17)18)15(10(2)16)11-5-6-11/h9,11H,5-8H2,1-4H3,(H,17,18). The number of hydrogen-bond acceptors (Lipinski definition) is 2. The van der Waals surface area contributed by atoms with Crippen molar-refractivity contribution in [2.24, 2.45) is 11.3 Å². The molecule has 2 unspecified atom stereocenters. The molecule has 2 rings (SSSR count). The molecule has 4 heteroatoms. The van der Waals surface area contributed by atoms with E-state index >= 15 is 0 Å². The highest BCUT2D eigenvalue weighted by Crippen LogP contribution is 2.53. The van der Waals surface area contributed by atoms with E-state index in [1.54, 1.807) is 4.90 Å². The van der Waals surface area contributed by atoms with Crippen LogP contribution in [0, 0.1) is 11.3 Å². The minimum Gasteiger partial charge on any atom is -0.479 e. The van der Waals surface area contributed by atoms with E-state index in [1.807, 2.05) is 6.92 Å². The molecule has 1 N–H and O–H groups in total. The molecule has 102 valence electrons. The van der Waals surface area contributed by atoms with Gasteiger partial charge in [0, 0.05) is 13.0 Å². The van der Waals surface area contributed by atoms with Crippen molar-refractivity contribution in [3.63, 3.8) is 0 Å². The van der Waals surface area contributed by atoms with Gasteiger partial charge in [-0.2, -0.15) is 0 Å². The molecule has 0 aromatic carbocycles. The molecule has 0 aliphatic heterocycles. The molecular formula is C14H23NO3. The van der Waals surface area contributed by atoms with Crippen molar-refractivity contribution >= 4 is 11.9 Å². The van der Waals surface area contributed by atoms with E-state index in [0.717, 1.165) is 19.3 Å². The van der Waals surface area contributed by atoms with Crippen LogP contribution >= 0.6 is 0 Å². The molecule has 1 amide bonds. The summed E-state index contributed by atoms with van der Waals surface area (Å²) in [5, 5.41) is 9.77. The average Bonchev–Trinajstić information content (AvgIpc) is 2.94. The molecule has 2 saturated carbocycles. The summed E-state index contributed by atoms with van der Waals surface area (Å²) < 4.78 is 0. The molecule has 2 fully saturated rings. The Balaban J connectivity index is 2.43. The molecular weight excluding hydrogens is 230 g/mol. The second-order valence-corrected chi connectivity index (χ2v) is 6.80. The van der Waals surface area contributed by atoms with Gasteiger partial charge in [0.15, 0.2) is 0 Å². The minimum atomic E-state index is -0.990. The normalized spacial score (nSPS) is 34.3. The van der Waals surface area contributed by atoms with Crippen molar-refractivity contribution < 1.29 is 14.7 Å². The van der Waals surface area contributed by atoms with Crippen LogP contribution in [0.5, 0.6) is 0 Å². The Hall–Kier alpha value is -1.06. The number of carboxylic acid groups (broad SMARTS) is 1.